The van der Waals surface area contributed by atoms with Gasteiger partial charge in [0.25, 0.3) is 0 Å². The standard InChI is InChI=1S/C12H2Cl6O/c13-3-1-2-4(14)11-5(3)6-7(15)8(16)9(17)10(18)12(6)19-11/h1-2H. The van der Waals surface area contributed by atoms with E-state index in [1.165, 1.54) is 0 Å². The van der Waals surface area contributed by atoms with Gasteiger partial charge in [-0.05, 0) is 12.1 Å². The molecule has 98 valence electrons. The molecule has 0 amide bonds. The van der Waals surface area contributed by atoms with Crippen molar-refractivity contribution >= 4 is 91.5 Å². The minimum Gasteiger partial charge on any atom is -0.453 e. The second-order valence-corrected chi connectivity index (χ2v) is 6.12. The normalized spacial score (nSPS) is 11.7. The molecule has 0 radical (unpaired) electrons. The minimum absolute atomic E-state index is 0.132. The van der Waals surface area contributed by atoms with Crippen LogP contribution in [0.1, 0.15) is 0 Å². The molecule has 0 bridgehead atoms. The predicted molar refractivity (Wildman–Crippen MR) is 83.8 cm³/mol. The minimum atomic E-state index is 0.132. The van der Waals surface area contributed by atoms with Crippen LogP contribution in [0.25, 0.3) is 21.9 Å². The summed E-state index contributed by atoms with van der Waals surface area (Å²) in [5.41, 5.74) is 0.706. The van der Waals surface area contributed by atoms with E-state index in [-0.39, 0.29) is 20.1 Å². The van der Waals surface area contributed by atoms with Crippen LogP contribution < -0.4 is 0 Å². The number of fused-ring (bicyclic) bond motifs is 3. The van der Waals surface area contributed by atoms with Gasteiger partial charge in [-0.1, -0.05) is 69.6 Å². The van der Waals surface area contributed by atoms with Crippen molar-refractivity contribution in [2.75, 3.05) is 0 Å². The van der Waals surface area contributed by atoms with Gasteiger partial charge in [0, 0.05) is 5.39 Å². The third-order valence-electron chi connectivity index (χ3n) is 2.74. The van der Waals surface area contributed by atoms with Gasteiger partial charge in [-0.2, -0.15) is 0 Å². The van der Waals surface area contributed by atoms with Crippen LogP contribution in [0.5, 0.6) is 0 Å². The highest BCUT2D eigenvalue weighted by atomic mass is 35.5. The van der Waals surface area contributed by atoms with Crippen molar-refractivity contribution in [1.82, 2.24) is 0 Å². The molecule has 7 heteroatoms. The van der Waals surface area contributed by atoms with E-state index in [1.807, 2.05) is 0 Å². The van der Waals surface area contributed by atoms with E-state index in [0.29, 0.717) is 32.0 Å². The van der Waals surface area contributed by atoms with Crippen LogP contribution in [-0.2, 0) is 0 Å². The van der Waals surface area contributed by atoms with Crippen molar-refractivity contribution in [2.24, 2.45) is 0 Å². The number of rotatable bonds is 0. The Kier molecular flexibility index (Phi) is 3.50. The van der Waals surface area contributed by atoms with E-state index >= 15 is 0 Å². The Labute approximate surface area is 137 Å². The zero-order valence-electron chi connectivity index (χ0n) is 8.83. The third-order valence-corrected chi connectivity index (χ3v) is 5.13. The maximum Gasteiger partial charge on any atom is 0.157 e. The number of hydrogen-bond acceptors (Lipinski definition) is 1. The summed E-state index contributed by atoms with van der Waals surface area (Å²) in [6, 6.07) is 3.27. The molecule has 1 heterocycles. The summed E-state index contributed by atoms with van der Waals surface area (Å²) in [6.45, 7) is 0. The van der Waals surface area contributed by atoms with Gasteiger partial charge >= 0.3 is 0 Å². The maximum atomic E-state index is 6.21. The highest BCUT2D eigenvalue weighted by Crippen LogP contribution is 2.49. The van der Waals surface area contributed by atoms with Gasteiger partial charge in [-0.3, -0.25) is 0 Å². The highest BCUT2D eigenvalue weighted by molar-refractivity contribution is 6.56. The zero-order chi connectivity index (χ0) is 13.9. The molecule has 0 saturated heterocycles. The molecule has 1 nitrogen and oxygen atoms in total. The molecule has 3 aromatic rings. The van der Waals surface area contributed by atoms with Gasteiger partial charge in [-0.25, -0.2) is 0 Å². The first-order valence-electron chi connectivity index (χ1n) is 4.95. The molecule has 0 aliphatic carbocycles. The fourth-order valence-electron chi connectivity index (χ4n) is 1.90. The lowest BCUT2D eigenvalue weighted by molar-refractivity contribution is 0.669. The average Bonchev–Trinajstić information content (AvgIpc) is 2.80. The predicted octanol–water partition coefficient (Wildman–Crippen LogP) is 7.51. The first-order chi connectivity index (χ1) is 8.93. The average molecular weight is 375 g/mol. The molecule has 0 aliphatic rings. The fraction of sp³-hybridized carbons (Fsp3) is 0. The van der Waals surface area contributed by atoms with Crippen LogP contribution in [-0.4, -0.2) is 0 Å². The number of benzene rings is 2. The Hall–Kier alpha value is -0.0200. The van der Waals surface area contributed by atoms with Crippen LogP contribution in [0.15, 0.2) is 16.5 Å². The molecule has 0 atom stereocenters. The zero-order valence-corrected chi connectivity index (χ0v) is 13.4. The van der Waals surface area contributed by atoms with Crippen molar-refractivity contribution in [1.29, 1.82) is 0 Å². The maximum absolute atomic E-state index is 6.21. The number of halogens is 6. The third kappa shape index (κ3) is 1.91. The Morgan fingerprint density at radius 1 is 0.579 bits per heavy atom. The molecule has 3 rings (SSSR count). The number of hydrogen-bond donors (Lipinski definition) is 0. The van der Waals surface area contributed by atoms with E-state index in [2.05, 4.69) is 0 Å². The van der Waals surface area contributed by atoms with Crippen molar-refractivity contribution in [3.63, 3.8) is 0 Å². The van der Waals surface area contributed by atoms with E-state index < -0.39 is 0 Å². The van der Waals surface area contributed by atoms with Gasteiger partial charge in [0.2, 0.25) is 0 Å². The fourth-order valence-corrected chi connectivity index (χ4v) is 3.31. The Balaban J connectivity index is 2.71. The molecule has 0 unspecified atom stereocenters. The van der Waals surface area contributed by atoms with Crippen LogP contribution in [0.3, 0.4) is 0 Å². The quantitative estimate of drug-likeness (QED) is 0.293. The molecule has 19 heavy (non-hydrogen) atoms. The topological polar surface area (TPSA) is 13.1 Å². The summed E-state index contributed by atoms with van der Waals surface area (Å²) in [4.78, 5) is 0. The first kappa shape index (κ1) is 13.9. The van der Waals surface area contributed by atoms with Gasteiger partial charge in [0.05, 0.1) is 30.5 Å². The van der Waals surface area contributed by atoms with Crippen molar-refractivity contribution in [2.45, 2.75) is 0 Å². The Morgan fingerprint density at radius 2 is 1.16 bits per heavy atom. The van der Waals surface area contributed by atoms with Crippen molar-refractivity contribution in [3.8, 4) is 0 Å². The Morgan fingerprint density at radius 3 is 1.84 bits per heavy atom. The van der Waals surface area contributed by atoms with E-state index in [1.54, 1.807) is 12.1 Å². The summed E-state index contributed by atoms with van der Waals surface area (Å²) in [5, 5.41) is 2.60. The Bertz CT molecular complexity index is 836. The first-order valence-corrected chi connectivity index (χ1v) is 7.22. The lowest BCUT2D eigenvalue weighted by atomic mass is 10.1. The summed E-state index contributed by atoms with van der Waals surface area (Å²) in [5.74, 6) is 0. The summed E-state index contributed by atoms with van der Waals surface area (Å²) in [6.07, 6.45) is 0. The van der Waals surface area contributed by atoms with Crippen LogP contribution in [0, 0.1) is 0 Å². The molecule has 0 saturated carbocycles. The van der Waals surface area contributed by atoms with E-state index in [4.69, 9.17) is 74.0 Å². The molecule has 0 spiro atoms. The summed E-state index contributed by atoms with van der Waals surface area (Å²) in [7, 11) is 0. The smallest absolute Gasteiger partial charge is 0.157 e. The molecule has 2 aromatic carbocycles. The van der Waals surface area contributed by atoms with Gasteiger partial charge in [0.1, 0.15) is 5.02 Å². The SMILES string of the molecule is Clc1c(Cl)c(Cl)c2c(oc3c(Cl)ccc(Cl)c32)c1Cl. The van der Waals surface area contributed by atoms with Gasteiger partial charge in [-0.15, -0.1) is 0 Å². The van der Waals surface area contributed by atoms with Crippen LogP contribution >= 0.6 is 69.6 Å². The van der Waals surface area contributed by atoms with Gasteiger partial charge in [0.15, 0.2) is 11.2 Å². The van der Waals surface area contributed by atoms with Crippen LogP contribution in [0.4, 0.5) is 0 Å². The lowest BCUT2D eigenvalue weighted by Crippen LogP contribution is -1.78. The molecule has 0 N–H and O–H groups in total. The van der Waals surface area contributed by atoms with Crippen molar-refractivity contribution < 1.29 is 4.42 Å². The molecule has 1 aromatic heterocycles. The van der Waals surface area contributed by atoms with Crippen molar-refractivity contribution in [3.05, 3.63) is 42.3 Å². The summed E-state index contributed by atoms with van der Waals surface area (Å²) < 4.78 is 5.64. The molecule has 0 aliphatic heterocycles. The number of furan rings is 1. The highest BCUT2D eigenvalue weighted by Gasteiger charge is 2.23. The molecular weight excluding hydrogens is 373 g/mol. The molecular formula is C12H2Cl6O. The monoisotopic (exact) mass is 372 g/mol. The lowest BCUT2D eigenvalue weighted by Gasteiger charge is -2.03. The van der Waals surface area contributed by atoms with E-state index in [9.17, 15) is 0 Å². The second-order valence-electron chi connectivity index (χ2n) is 3.80. The largest absolute Gasteiger partial charge is 0.453 e. The van der Waals surface area contributed by atoms with Gasteiger partial charge < -0.3 is 4.42 Å². The van der Waals surface area contributed by atoms with E-state index in [0.717, 1.165) is 0 Å². The molecule has 0 fully saturated rings. The van der Waals surface area contributed by atoms with Crippen LogP contribution in [0.2, 0.25) is 30.1 Å². The summed E-state index contributed by atoms with van der Waals surface area (Å²) >= 11 is 36.6. The second kappa shape index (κ2) is 4.77.